The van der Waals surface area contributed by atoms with E-state index in [2.05, 4.69) is 20.6 Å². The average molecular weight is 192 g/mol. The Morgan fingerprint density at radius 2 is 2.07 bits per heavy atom. The first-order chi connectivity index (χ1) is 6.79. The molecule has 0 radical (unpaired) electrons. The van der Waals surface area contributed by atoms with Gasteiger partial charge in [0.05, 0.1) is 17.7 Å². The molecule has 1 heterocycles. The molecule has 5 nitrogen and oxygen atoms in total. The van der Waals surface area contributed by atoms with Crippen LogP contribution in [0, 0.1) is 0 Å². The number of H-pyrrole nitrogens is 2. The monoisotopic (exact) mass is 192 g/mol. The predicted octanol–water partition coefficient (Wildman–Crippen LogP) is 0.445. The zero-order valence-electron chi connectivity index (χ0n) is 7.85. The summed E-state index contributed by atoms with van der Waals surface area (Å²) < 4.78 is 0. The molecule has 0 unspecified atom stereocenters. The molecule has 74 valence electrons. The van der Waals surface area contributed by atoms with Crippen molar-refractivity contribution in [2.75, 3.05) is 19.0 Å². The van der Waals surface area contributed by atoms with Gasteiger partial charge in [0.25, 0.3) is 0 Å². The Kier molecular flexibility index (Phi) is 2.24. The van der Waals surface area contributed by atoms with Crippen molar-refractivity contribution in [3.8, 4) is 0 Å². The smallest absolute Gasteiger partial charge is 0.323 e. The number of imidazole rings is 1. The van der Waals surface area contributed by atoms with Gasteiger partial charge in [0.15, 0.2) is 0 Å². The molecule has 2 aromatic rings. The molecule has 0 aliphatic heterocycles. The van der Waals surface area contributed by atoms with Gasteiger partial charge in [-0.15, -0.1) is 0 Å². The van der Waals surface area contributed by atoms with E-state index in [1.165, 1.54) is 0 Å². The number of benzene rings is 1. The number of rotatable bonds is 3. The Morgan fingerprint density at radius 1 is 1.29 bits per heavy atom. The predicted molar refractivity (Wildman–Crippen MR) is 56.5 cm³/mol. The molecule has 14 heavy (non-hydrogen) atoms. The van der Waals surface area contributed by atoms with E-state index in [1.807, 2.05) is 25.2 Å². The summed E-state index contributed by atoms with van der Waals surface area (Å²) in [6.45, 7) is 0.695. The van der Waals surface area contributed by atoms with Crippen molar-refractivity contribution in [3.63, 3.8) is 0 Å². The summed E-state index contributed by atoms with van der Waals surface area (Å²) in [7, 11) is 1.86. The number of fused-ring (bicyclic) bond motifs is 1. The van der Waals surface area contributed by atoms with Crippen LogP contribution in [0.25, 0.3) is 11.0 Å². The minimum atomic E-state index is -0.175. The van der Waals surface area contributed by atoms with Crippen molar-refractivity contribution >= 4 is 16.7 Å². The van der Waals surface area contributed by atoms with Crippen LogP contribution in [0.15, 0.2) is 23.0 Å². The Balaban J connectivity index is 2.35. The highest BCUT2D eigenvalue weighted by Crippen LogP contribution is 2.13. The molecule has 4 N–H and O–H groups in total. The molecule has 0 amide bonds. The second kappa shape index (κ2) is 3.55. The maximum absolute atomic E-state index is 11.0. The van der Waals surface area contributed by atoms with Crippen LogP contribution in [0.5, 0.6) is 0 Å². The topological polar surface area (TPSA) is 72.7 Å². The SMILES string of the molecule is CNCNc1ccc2[nH]c(=O)[nH]c2c1. The number of hydrogen-bond acceptors (Lipinski definition) is 3. The molecule has 0 bridgehead atoms. The van der Waals surface area contributed by atoms with Gasteiger partial charge >= 0.3 is 5.69 Å². The highest BCUT2D eigenvalue weighted by molar-refractivity contribution is 5.78. The van der Waals surface area contributed by atoms with Crippen molar-refractivity contribution in [3.05, 3.63) is 28.7 Å². The van der Waals surface area contributed by atoms with Crippen LogP contribution >= 0.6 is 0 Å². The number of aromatic nitrogens is 2. The molecule has 0 aliphatic carbocycles. The van der Waals surface area contributed by atoms with Gasteiger partial charge in [-0.25, -0.2) is 4.79 Å². The molecule has 0 fully saturated rings. The van der Waals surface area contributed by atoms with E-state index >= 15 is 0 Å². The third kappa shape index (κ3) is 1.62. The first-order valence-corrected chi connectivity index (χ1v) is 4.40. The van der Waals surface area contributed by atoms with E-state index in [0.29, 0.717) is 6.67 Å². The van der Waals surface area contributed by atoms with Crippen molar-refractivity contribution in [1.82, 2.24) is 15.3 Å². The molecule has 1 aromatic heterocycles. The third-order valence-electron chi connectivity index (χ3n) is 1.99. The summed E-state index contributed by atoms with van der Waals surface area (Å²) >= 11 is 0. The molecular weight excluding hydrogens is 180 g/mol. The number of nitrogens with one attached hydrogen (secondary N) is 4. The summed E-state index contributed by atoms with van der Waals surface area (Å²) in [5.41, 5.74) is 2.44. The Labute approximate surface area is 80.5 Å². The van der Waals surface area contributed by atoms with E-state index < -0.39 is 0 Å². The zero-order valence-corrected chi connectivity index (χ0v) is 7.85. The van der Waals surface area contributed by atoms with Gasteiger partial charge in [-0.1, -0.05) is 0 Å². The summed E-state index contributed by atoms with van der Waals surface area (Å²) in [6.07, 6.45) is 0. The lowest BCUT2D eigenvalue weighted by Crippen LogP contribution is -2.16. The van der Waals surface area contributed by atoms with E-state index in [9.17, 15) is 4.79 Å². The van der Waals surface area contributed by atoms with Crippen molar-refractivity contribution in [2.45, 2.75) is 0 Å². The molecule has 0 saturated heterocycles. The first-order valence-electron chi connectivity index (χ1n) is 4.40. The molecule has 1 aromatic carbocycles. The van der Waals surface area contributed by atoms with Crippen molar-refractivity contribution in [2.24, 2.45) is 0 Å². The largest absolute Gasteiger partial charge is 0.372 e. The van der Waals surface area contributed by atoms with Crippen LogP contribution in [-0.4, -0.2) is 23.7 Å². The first kappa shape index (κ1) is 8.83. The number of aromatic amines is 2. The molecule has 0 saturated carbocycles. The summed E-state index contributed by atoms with van der Waals surface area (Å²) in [5, 5.41) is 6.13. The lowest BCUT2D eigenvalue weighted by atomic mass is 10.3. The molecular formula is C9H12N4O. The third-order valence-corrected chi connectivity index (χ3v) is 1.99. The summed E-state index contributed by atoms with van der Waals surface area (Å²) in [5.74, 6) is 0. The van der Waals surface area contributed by atoms with E-state index in [0.717, 1.165) is 16.7 Å². The highest BCUT2D eigenvalue weighted by Gasteiger charge is 1.98. The summed E-state index contributed by atoms with van der Waals surface area (Å²) in [6, 6.07) is 5.68. The van der Waals surface area contributed by atoms with Gasteiger partial charge in [-0.2, -0.15) is 0 Å². The van der Waals surface area contributed by atoms with E-state index in [-0.39, 0.29) is 5.69 Å². The van der Waals surface area contributed by atoms with E-state index in [1.54, 1.807) is 0 Å². The van der Waals surface area contributed by atoms with Crippen molar-refractivity contribution in [1.29, 1.82) is 0 Å². The fraction of sp³-hybridized carbons (Fsp3) is 0.222. The van der Waals surface area contributed by atoms with Crippen LogP contribution in [0.1, 0.15) is 0 Å². The highest BCUT2D eigenvalue weighted by atomic mass is 16.1. The Bertz CT molecular complexity index is 485. The van der Waals surface area contributed by atoms with Crippen LogP contribution in [-0.2, 0) is 0 Å². The van der Waals surface area contributed by atoms with Crippen LogP contribution in [0.4, 0.5) is 5.69 Å². The second-order valence-corrected chi connectivity index (χ2v) is 3.05. The van der Waals surface area contributed by atoms with Gasteiger partial charge in [-0.05, 0) is 25.2 Å². The van der Waals surface area contributed by atoms with Gasteiger partial charge in [0.2, 0.25) is 0 Å². The normalized spacial score (nSPS) is 10.6. The van der Waals surface area contributed by atoms with Gasteiger partial charge in [0.1, 0.15) is 0 Å². The number of anilines is 1. The fourth-order valence-electron chi connectivity index (χ4n) is 1.33. The standard InChI is InChI=1S/C9H12N4O/c1-10-5-11-6-2-3-7-8(4-6)13-9(14)12-7/h2-4,10-11H,5H2,1H3,(H2,12,13,14). The fourth-order valence-corrected chi connectivity index (χ4v) is 1.33. The van der Waals surface area contributed by atoms with Crippen molar-refractivity contribution < 1.29 is 0 Å². The molecule has 5 heteroatoms. The maximum atomic E-state index is 11.0. The van der Waals surface area contributed by atoms with Crippen LogP contribution < -0.4 is 16.3 Å². The van der Waals surface area contributed by atoms with Gasteiger partial charge < -0.3 is 20.6 Å². The van der Waals surface area contributed by atoms with Crippen LogP contribution in [0.3, 0.4) is 0 Å². The maximum Gasteiger partial charge on any atom is 0.323 e. The molecule has 0 aliphatic rings. The quantitative estimate of drug-likeness (QED) is 0.533. The zero-order chi connectivity index (χ0) is 9.97. The second-order valence-electron chi connectivity index (χ2n) is 3.05. The average Bonchev–Trinajstić information content (AvgIpc) is 2.54. The molecule has 2 rings (SSSR count). The van der Waals surface area contributed by atoms with Gasteiger partial charge in [-0.3, -0.25) is 0 Å². The van der Waals surface area contributed by atoms with Crippen LogP contribution in [0.2, 0.25) is 0 Å². The molecule has 0 atom stereocenters. The number of hydrogen-bond donors (Lipinski definition) is 4. The minimum absolute atomic E-state index is 0.175. The molecule has 0 spiro atoms. The lowest BCUT2D eigenvalue weighted by molar-refractivity contribution is 0.875. The van der Waals surface area contributed by atoms with Gasteiger partial charge in [0, 0.05) is 5.69 Å². The van der Waals surface area contributed by atoms with E-state index in [4.69, 9.17) is 0 Å². The Morgan fingerprint density at radius 3 is 2.86 bits per heavy atom. The summed E-state index contributed by atoms with van der Waals surface area (Å²) in [4.78, 5) is 16.4. The minimum Gasteiger partial charge on any atom is -0.372 e. The lowest BCUT2D eigenvalue weighted by Gasteiger charge is -2.04. The Hall–Kier alpha value is -1.75.